The monoisotopic (exact) mass is 393 g/mol. The van der Waals surface area contributed by atoms with Crippen molar-refractivity contribution in [1.29, 1.82) is 0 Å². The summed E-state index contributed by atoms with van der Waals surface area (Å²) in [5.74, 6) is 1.98. The Labute approximate surface area is 172 Å². The first-order valence-electron chi connectivity index (χ1n) is 11.0. The van der Waals surface area contributed by atoms with Crippen LogP contribution >= 0.6 is 0 Å². The molecule has 4 heterocycles. The van der Waals surface area contributed by atoms with Crippen LogP contribution in [0.4, 0.5) is 5.95 Å². The molecule has 1 aliphatic heterocycles. The number of anilines is 1. The molecule has 0 spiro atoms. The third-order valence-electron chi connectivity index (χ3n) is 5.87. The molecule has 1 saturated heterocycles. The van der Waals surface area contributed by atoms with Crippen LogP contribution in [-0.2, 0) is 0 Å². The van der Waals surface area contributed by atoms with Gasteiger partial charge in [-0.25, -0.2) is 19.5 Å². The van der Waals surface area contributed by atoms with Crippen molar-refractivity contribution in [3.8, 4) is 11.4 Å². The second-order valence-electron chi connectivity index (χ2n) is 7.65. The van der Waals surface area contributed by atoms with E-state index >= 15 is 0 Å². The summed E-state index contributed by atoms with van der Waals surface area (Å²) in [7, 11) is 0. The fraction of sp³-hybridized carbons (Fsp3) is 0.545. The van der Waals surface area contributed by atoms with Crippen LogP contribution < -0.4 is 10.6 Å². The minimum Gasteiger partial charge on any atom is -0.354 e. The summed E-state index contributed by atoms with van der Waals surface area (Å²) < 4.78 is 1.87. The first kappa shape index (κ1) is 19.8. The second-order valence-corrected chi connectivity index (χ2v) is 7.65. The zero-order valence-electron chi connectivity index (χ0n) is 17.4. The summed E-state index contributed by atoms with van der Waals surface area (Å²) in [6, 6.07) is 3.90. The van der Waals surface area contributed by atoms with Gasteiger partial charge in [0.05, 0.1) is 17.6 Å². The Morgan fingerprint density at radius 1 is 1.07 bits per heavy atom. The van der Waals surface area contributed by atoms with E-state index in [4.69, 9.17) is 9.97 Å². The van der Waals surface area contributed by atoms with Gasteiger partial charge >= 0.3 is 0 Å². The molecule has 2 fully saturated rings. The van der Waals surface area contributed by atoms with Crippen LogP contribution in [-0.4, -0.2) is 44.2 Å². The van der Waals surface area contributed by atoms with Crippen LogP contribution in [0.3, 0.4) is 0 Å². The first-order chi connectivity index (χ1) is 14.4. The van der Waals surface area contributed by atoms with E-state index in [2.05, 4.69) is 20.7 Å². The predicted octanol–water partition coefficient (Wildman–Crippen LogP) is 3.89. The second kappa shape index (κ2) is 9.31. The molecular weight excluding hydrogens is 362 g/mol. The molecule has 0 atom stereocenters. The van der Waals surface area contributed by atoms with Gasteiger partial charge in [0.1, 0.15) is 0 Å². The lowest BCUT2D eigenvalue weighted by molar-refractivity contribution is 0.389. The van der Waals surface area contributed by atoms with Crippen molar-refractivity contribution in [2.24, 2.45) is 5.92 Å². The number of piperidine rings is 1. The summed E-state index contributed by atoms with van der Waals surface area (Å²) in [6.07, 6.45) is 12.0. The van der Waals surface area contributed by atoms with Crippen molar-refractivity contribution >= 4 is 11.6 Å². The van der Waals surface area contributed by atoms with Gasteiger partial charge in [0.2, 0.25) is 5.95 Å². The molecule has 0 bridgehead atoms. The van der Waals surface area contributed by atoms with E-state index in [0.717, 1.165) is 36.7 Å². The molecule has 7 heteroatoms. The average Bonchev–Trinajstić information content (AvgIpc) is 3.16. The summed E-state index contributed by atoms with van der Waals surface area (Å²) in [5.41, 5.74) is 3.94. The number of hydrogen-bond acceptors (Lipinski definition) is 6. The highest BCUT2D eigenvalue weighted by Crippen LogP contribution is 2.38. The third-order valence-corrected chi connectivity index (χ3v) is 5.87. The van der Waals surface area contributed by atoms with Crippen LogP contribution in [0, 0.1) is 5.92 Å². The van der Waals surface area contributed by atoms with E-state index in [-0.39, 0.29) is 0 Å². The third kappa shape index (κ3) is 4.40. The summed E-state index contributed by atoms with van der Waals surface area (Å²) in [4.78, 5) is 14.0. The molecule has 154 valence electrons. The maximum atomic E-state index is 4.87. The highest BCUT2D eigenvalue weighted by Gasteiger charge is 2.24. The number of nitrogens with one attached hydrogen (secondary N) is 2. The Balaban J connectivity index is 0.000000994. The molecule has 2 aliphatic rings. The van der Waals surface area contributed by atoms with Gasteiger partial charge < -0.3 is 10.6 Å². The van der Waals surface area contributed by atoms with Gasteiger partial charge in [-0.1, -0.05) is 20.3 Å². The van der Waals surface area contributed by atoms with Crippen molar-refractivity contribution in [2.45, 2.75) is 51.9 Å². The van der Waals surface area contributed by atoms with E-state index in [1.165, 1.54) is 37.7 Å². The molecule has 1 saturated carbocycles. The lowest BCUT2D eigenvalue weighted by Crippen LogP contribution is -2.31. The van der Waals surface area contributed by atoms with Gasteiger partial charge in [0.25, 0.3) is 0 Å². The average molecular weight is 394 g/mol. The van der Waals surface area contributed by atoms with Crippen LogP contribution in [0.5, 0.6) is 0 Å². The van der Waals surface area contributed by atoms with E-state index in [0.29, 0.717) is 17.8 Å². The van der Waals surface area contributed by atoms with Crippen molar-refractivity contribution < 1.29 is 0 Å². The van der Waals surface area contributed by atoms with Gasteiger partial charge in [0.15, 0.2) is 5.65 Å². The van der Waals surface area contributed by atoms with E-state index < -0.39 is 0 Å². The van der Waals surface area contributed by atoms with E-state index in [1.807, 2.05) is 49.1 Å². The van der Waals surface area contributed by atoms with E-state index in [9.17, 15) is 0 Å². The molecule has 5 rings (SSSR count). The standard InChI is InChI=1S/C20H25N7.C2H6/c1-2-15(3-1)16-13-24-27-11-7-18(25-19(16)27)17-6-10-22-20(26-17)23-12-14-4-8-21-9-5-14;1-2/h6-7,10-11,13-15,21H,1-5,8-9,12H2,(H,22,23,26);1-2H3. The summed E-state index contributed by atoms with van der Waals surface area (Å²) >= 11 is 0. The largest absolute Gasteiger partial charge is 0.354 e. The van der Waals surface area contributed by atoms with E-state index in [1.54, 1.807) is 0 Å². The molecule has 0 amide bonds. The summed E-state index contributed by atoms with van der Waals surface area (Å²) in [5, 5.41) is 11.3. The number of fused-ring (bicyclic) bond motifs is 1. The molecule has 2 N–H and O–H groups in total. The molecular formula is C22H31N7. The van der Waals surface area contributed by atoms with Crippen LogP contribution in [0.15, 0.2) is 30.7 Å². The van der Waals surface area contributed by atoms with Gasteiger partial charge in [0, 0.05) is 24.5 Å². The van der Waals surface area contributed by atoms with Crippen molar-refractivity contribution in [1.82, 2.24) is 29.9 Å². The molecule has 29 heavy (non-hydrogen) atoms. The fourth-order valence-corrected chi connectivity index (χ4v) is 3.94. The number of rotatable bonds is 5. The Morgan fingerprint density at radius 3 is 2.62 bits per heavy atom. The van der Waals surface area contributed by atoms with Crippen LogP contribution in [0.25, 0.3) is 17.0 Å². The zero-order chi connectivity index (χ0) is 20.1. The minimum absolute atomic E-state index is 0.609. The highest BCUT2D eigenvalue weighted by atomic mass is 15.2. The molecule has 3 aromatic heterocycles. The lowest BCUT2D eigenvalue weighted by atomic mass is 9.81. The maximum Gasteiger partial charge on any atom is 0.223 e. The number of hydrogen-bond donors (Lipinski definition) is 2. The smallest absolute Gasteiger partial charge is 0.223 e. The topological polar surface area (TPSA) is 80.0 Å². The maximum absolute atomic E-state index is 4.87. The van der Waals surface area contributed by atoms with Gasteiger partial charge in [-0.05, 0) is 62.7 Å². The SMILES string of the molecule is CC.c1cc(-c2ccn3ncc(C4CCC4)c3n2)nc(NCC2CCNCC2)n1. The minimum atomic E-state index is 0.609. The highest BCUT2D eigenvalue weighted by molar-refractivity contribution is 5.60. The Kier molecular flexibility index (Phi) is 6.34. The molecule has 7 nitrogen and oxygen atoms in total. The summed E-state index contributed by atoms with van der Waals surface area (Å²) in [6.45, 7) is 7.13. The number of aromatic nitrogens is 5. The molecule has 0 radical (unpaired) electrons. The van der Waals surface area contributed by atoms with Crippen molar-refractivity contribution in [3.05, 3.63) is 36.3 Å². The Bertz CT molecular complexity index is 926. The Morgan fingerprint density at radius 2 is 1.86 bits per heavy atom. The lowest BCUT2D eigenvalue weighted by Gasteiger charge is -2.24. The number of nitrogens with zero attached hydrogens (tertiary/aromatic N) is 5. The molecule has 3 aromatic rings. The molecule has 0 unspecified atom stereocenters. The van der Waals surface area contributed by atoms with Crippen molar-refractivity contribution in [2.75, 3.05) is 25.0 Å². The Hall–Kier alpha value is -2.54. The van der Waals surface area contributed by atoms with Crippen molar-refractivity contribution in [3.63, 3.8) is 0 Å². The van der Waals surface area contributed by atoms with Crippen LogP contribution in [0.2, 0.25) is 0 Å². The first-order valence-corrected chi connectivity index (χ1v) is 11.0. The predicted molar refractivity (Wildman–Crippen MR) is 116 cm³/mol. The van der Waals surface area contributed by atoms with Gasteiger partial charge in [-0.15, -0.1) is 0 Å². The fourth-order valence-electron chi connectivity index (χ4n) is 3.94. The normalized spacial score (nSPS) is 17.4. The van der Waals surface area contributed by atoms with Gasteiger partial charge in [-0.2, -0.15) is 5.10 Å². The van der Waals surface area contributed by atoms with Gasteiger partial charge in [-0.3, -0.25) is 0 Å². The molecule has 0 aromatic carbocycles. The quantitative estimate of drug-likeness (QED) is 0.684. The molecule has 1 aliphatic carbocycles. The van der Waals surface area contributed by atoms with Crippen LogP contribution in [0.1, 0.15) is 57.4 Å². The zero-order valence-corrected chi connectivity index (χ0v) is 17.4.